The highest BCUT2D eigenvalue weighted by Crippen LogP contribution is 2.14. The van der Waals surface area contributed by atoms with Gasteiger partial charge in [-0.1, -0.05) is 42.0 Å². The maximum Gasteiger partial charge on any atom is 0.123 e. The van der Waals surface area contributed by atoms with Crippen LogP contribution in [0.5, 0.6) is 0 Å². The SMILES string of the molecule is COCCN(Cc1cccc(C)c1)Cc1cccn1Cc1ccc(F)cc1. The number of benzene rings is 2. The van der Waals surface area contributed by atoms with Crippen LogP contribution in [0.2, 0.25) is 0 Å². The summed E-state index contributed by atoms with van der Waals surface area (Å²) in [6.45, 7) is 6.15. The molecule has 0 aliphatic carbocycles. The van der Waals surface area contributed by atoms with Crippen LogP contribution in [-0.4, -0.2) is 29.7 Å². The van der Waals surface area contributed by atoms with Crippen molar-refractivity contribution < 1.29 is 9.13 Å². The fourth-order valence-corrected chi connectivity index (χ4v) is 3.27. The van der Waals surface area contributed by atoms with E-state index in [1.165, 1.54) is 29.0 Å². The molecule has 0 atom stereocenters. The second-order valence-electron chi connectivity index (χ2n) is 6.95. The molecule has 0 N–H and O–H groups in total. The van der Waals surface area contributed by atoms with E-state index in [0.29, 0.717) is 6.61 Å². The van der Waals surface area contributed by atoms with Crippen molar-refractivity contribution in [3.63, 3.8) is 0 Å². The Kier molecular flexibility index (Phi) is 6.80. The molecule has 27 heavy (non-hydrogen) atoms. The van der Waals surface area contributed by atoms with Crippen LogP contribution in [0, 0.1) is 12.7 Å². The summed E-state index contributed by atoms with van der Waals surface area (Å²) in [7, 11) is 1.74. The number of methoxy groups -OCH3 is 1. The molecule has 0 saturated heterocycles. The van der Waals surface area contributed by atoms with E-state index in [-0.39, 0.29) is 5.82 Å². The monoisotopic (exact) mass is 366 g/mol. The van der Waals surface area contributed by atoms with Gasteiger partial charge in [0.05, 0.1) is 6.61 Å². The molecule has 0 aliphatic rings. The quantitative estimate of drug-likeness (QED) is 0.549. The number of hydrogen-bond acceptors (Lipinski definition) is 2. The van der Waals surface area contributed by atoms with Gasteiger partial charge in [-0.3, -0.25) is 4.90 Å². The Labute approximate surface area is 161 Å². The smallest absolute Gasteiger partial charge is 0.123 e. The van der Waals surface area contributed by atoms with Gasteiger partial charge in [0.15, 0.2) is 0 Å². The molecule has 142 valence electrons. The van der Waals surface area contributed by atoms with Gasteiger partial charge in [0.25, 0.3) is 0 Å². The summed E-state index contributed by atoms with van der Waals surface area (Å²) in [5.41, 5.74) is 4.92. The van der Waals surface area contributed by atoms with Crippen LogP contribution in [0.25, 0.3) is 0 Å². The zero-order chi connectivity index (χ0) is 19.1. The normalized spacial score (nSPS) is 11.3. The van der Waals surface area contributed by atoms with Gasteiger partial charge in [-0.15, -0.1) is 0 Å². The van der Waals surface area contributed by atoms with E-state index >= 15 is 0 Å². The Morgan fingerprint density at radius 1 is 0.963 bits per heavy atom. The largest absolute Gasteiger partial charge is 0.383 e. The van der Waals surface area contributed by atoms with Gasteiger partial charge in [-0.25, -0.2) is 4.39 Å². The molecule has 0 spiro atoms. The summed E-state index contributed by atoms with van der Waals surface area (Å²) >= 11 is 0. The molecule has 4 heteroatoms. The van der Waals surface area contributed by atoms with Gasteiger partial charge in [0.2, 0.25) is 0 Å². The third-order valence-corrected chi connectivity index (χ3v) is 4.68. The first-order chi connectivity index (χ1) is 13.1. The summed E-state index contributed by atoms with van der Waals surface area (Å²) in [6, 6.07) is 19.6. The van der Waals surface area contributed by atoms with Crippen LogP contribution in [0.1, 0.15) is 22.4 Å². The molecule has 0 fully saturated rings. The van der Waals surface area contributed by atoms with Gasteiger partial charge >= 0.3 is 0 Å². The predicted molar refractivity (Wildman–Crippen MR) is 107 cm³/mol. The molecule has 3 nitrogen and oxygen atoms in total. The molecular formula is C23H27FN2O. The molecule has 1 heterocycles. The first-order valence-electron chi connectivity index (χ1n) is 9.29. The number of rotatable bonds is 9. The summed E-state index contributed by atoms with van der Waals surface area (Å²) in [6.07, 6.45) is 2.08. The number of halogens is 1. The van der Waals surface area contributed by atoms with Gasteiger partial charge in [0, 0.05) is 45.2 Å². The van der Waals surface area contributed by atoms with Crippen LogP contribution < -0.4 is 0 Å². The van der Waals surface area contributed by atoms with Crippen molar-refractivity contribution in [2.24, 2.45) is 0 Å². The third-order valence-electron chi connectivity index (χ3n) is 4.68. The van der Waals surface area contributed by atoms with E-state index in [1.807, 2.05) is 12.1 Å². The lowest BCUT2D eigenvalue weighted by Gasteiger charge is -2.23. The van der Waals surface area contributed by atoms with Crippen LogP contribution in [-0.2, 0) is 24.4 Å². The predicted octanol–water partition coefficient (Wildman–Crippen LogP) is 4.63. The van der Waals surface area contributed by atoms with E-state index < -0.39 is 0 Å². The second kappa shape index (κ2) is 9.49. The highest BCUT2D eigenvalue weighted by molar-refractivity contribution is 5.22. The van der Waals surface area contributed by atoms with E-state index in [1.54, 1.807) is 7.11 Å². The van der Waals surface area contributed by atoms with E-state index in [0.717, 1.165) is 31.7 Å². The van der Waals surface area contributed by atoms with Gasteiger partial charge in [0.1, 0.15) is 5.82 Å². The Hall–Kier alpha value is -2.43. The molecule has 3 rings (SSSR count). The molecular weight excluding hydrogens is 339 g/mol. The minimum absolute atomic E-state index is 0.199. The van der Waals surface area contributed by atoms with Gasteiger partial charge < -0.3 is 9.30 Å². The average molecular weight is 366 g/mol. The van der Waals surface area contributed by atoms with Crippen molar-refractivity contribution >= 4 is 0 Å². The number of nitrogens with zero attached hydrogens (tertiary/aromatic N) is 2. The number of aromatic nitrogens is 1. The Bertz CT molecular complexity index is 842. The standard InChI is InChI=1S/C23H27FN2O/c1-19-5-3-6-21(15-19)16-25(13-14-27-2)18-23-7-4-12-26(23)17-20-8-10-22(24)11-9-20/h3-12,15H,13-14,16-18H2,1-2H3. The lowest BCUT2D eigenvalue weighted by molar-refractivity contribution is 0.138. The van der Waals surface area contributed by atoms with Crippen molar-refractivity contribution in [3.8, 4) is 0 Å². The van der Waals surface area contributed by atoms with E-state index in [2.05, 4.69) is 59.0 Å². The molecule has 0 saturated carbocycles. The highest BCUT2D eigenvalue weighted by Gasteiger charge is 2.11. The minimum Gasteiger partial charge on any atom is -0.383 e. The summed E-state index contributed by atoms with van der Waals surface area (Å²) < 4.78 is 20.7. The first kappa shape index (κ1) is 19.3. The summed E-state index contributed by atoms with van der Waals surface area (Å²) in [4.78, 5) is 2.40. The average Bonchev–Trinajstić information content (AvgIpc) is 3.08. The number of ether oxygens (including phenoxy) is 1. The maximum atomic E-state index is 13.1. The zero-order valence-electron chi connectivity index (χ0n) is 16.1. The number of aryl methyl sites for hydroxylation is 1. The molecule has 0 aliphatic heterocycles. The third kappa shape index (κ3) is 5.78. The van der Waals surface area contributed by atoms with Crippen molar-refractivity contribution in [2.45, 2.75) is 26.6 Å². The van der Waals surface area contributed by atoms with Crippen molar-refractivity contribution in [2.75, 3.05) is 20.3 Å². The van der Waals surface area contributed by atoms with E-state index in [4.69, 9.17) is 4.74 Å². The fraction of sp³-hybridized carbons (Fsp3) is 0.304. The molecule has 0 bridgehead atoms. The van der Waals surface area contributed by atoms with Crippen molar-refractivity contribution in [1.29, 1.82) is 0 Å². The van der Waals surface area contributed by atoms with Crippen molar-refractivity contribution in [1.82, 2.24) is 9.47 Å². The lowest BCUT2D eigenvalue weighted by atomic mass is 10.1. The first-order valence-corrected chi connectivity index (χ1v) is 9.29. The van der Waals surface area contributed by atoms with Gasteiger partial charge in [-0.05, 0) is 42.3 Å². The Morgan fingerprint density at radius 3 is 2.52 bits per heavy atom. The number of hydrogen-bond donors (Lipinski definition) is 0. The summed E-state index contributed by atoms with van der Waals surface area (Å²) in [5, 5.41) is 0. The van der Waals surface area contributed by atoms with E-state index in [9.17, 15) is 4.39 Å². The molecule has 0 amide bonds. The second-order valence-corrected chi connectivity index (χ2v) is 6.95. The molecule has 1 aromatic heterocycles. The Morgan fingerprint density at radius 2 is 1.78 bits per heavy atom. The van der Waals surface area contributed by atoms with Crippen LogP contribution in [0.4, 0.5) is 4.39 Å². The zero-order valence-corrected chi connectivity index (χ0v) is 16.1. The fourth-order valence-electron chi connectivity index (χ4n) is 3.27. The van der Waals surface area contributed by atoms with Crippen LogP contribution in [0.15, 0.2) is 66.9 Å². The summed E-state index contributed by atoms with van der Waals surface area (Å²) in [5.74, 6) is -0.199. The van der Waals surface area contributed by atoms with Crippen molar-refractivity contribution in [3.05, 3.63) is 95.1 Å². The van der Waals surface area contributed by atoms with Crippen LogP contribution >= 0.6 is 0 Å². The molecule has 2 aromatic carbocycles. The lowest BCUT2D eigenvalue weighted by Crippen LogP contribution is -2.27. The molecule has 0 unspecified atom stereocenters. The Balaban J connectivity index is 1.71. The van der Waals surface area contributed by atoms with Gasteiger partial charge in [-0.2, -0.15) is 0 Å². The molecule has 3 aromatic rings. The maximum absolute atomic E-state index is 13.1. The van der Waals surface area contributed by atoms with Crippen LogP contribution in [0.3, 0.4) is 0 Å². The minimum atomic E-state index is -0.199. The topological polar surface area (TPSA) is 17.4 Å². The molecule has 0 radical (unpaired) electrons. The highest BCUT2D eigenvalue weighted by atomic mass is 19.1.